The second kappa shape index (κ2) is 13.1. The van der Waals surface area contributed by atoms with Crippen molar-refractivity contribution < 1.29 is 31.8 Å². The molecule has 0 saturated heterocycles. The average molecular weight is 585 g/mol. The largest absolute Gasteiger partial charge is 0.487 e. The summed E-state index contributed by atoms with van der Waals surface area (Å²) in [7, 11) is -2.07. The summed E-state index contributed by atoms with van der Waals surface area (Å²) in [6.45, 7) is 2.23. The van der Waals surface area contributed by atoms with Gasteiger partial charge in [0.2, 0.25) is 15.9 Å². The Kier molecular flexibility index (Phi) is 9.37. The number of rotatable bonds is 14. The fourth-order valence-corrected chi connectivity index (χ4v) is 4.31. The molecule has 4 aromatic rings. The first kappa shape index (κ1) is 29.3. The first-order chi connectivity index (χ1) is 19.7. The molecule has 0 bridgehead atoms. The van der Waals surface area contributed by atoms with Crippen LogP contribution in [0.4, 0.5) is 21.7 Å². The van der Waals surface area contributed by atoms with Gasteiger partial charge < -0.3 is 25.3 Å². The van der Waals surface area contributed by atoms with Crippen LogP contribution in [0.1, 0.15) is 22.8 Å². The third kappa shape index (κ3) is 7.70. The number of hydrogen-bond donors (Lipinski definition) is 4. The number of methoxy groups -OCH3 is 1. The molecule has 216 valence electrons. The van der Waals surface area contributed by atoms with Crippen LogP contribution in [0.2, 0.25) is 0 Å². The minimum absolute atomic E-state index is 0.0253. The third-order valence-electron chi connectivity index (χ3n) is 5.74. The van der Waals surface area contributed by atoms with Gasteiger partial charge in [0.1, 0.15) is 36.2 Å². The predicted octanol–water partition coefficient (Wildman–Crippen LogP) is 3.82. The van der Waals surface area contributed by atoms with Crippen LogP contribution in [0.5, 0.6) is 11.6 Å². The maximum atomic E-state index is 13.3. The van der Waals surface area contributed by atoms with E-state index in [4.69, 9.17) is 19.9 Å². The third-order valence-corrected chi connectivity index (χ3v) is 7.03. The number of benzene rings is 2. The molecule has 0 radical (unpaired) electrons. The van der Waals surface area contributed by atoms with E-state index in [0.717, 1.165) is 0 Å². The number of carbonyl (C=O) groups excluding carboxylic acids is 1. The van der Waals surface area contributed by atoms with Gasteiger partial charge in [-0.05, 0) is 42.8 Å². The second-order valence-corrected chi connectivity index (χ2v) is 10.7. The van der Waals surface area contributed by atoms with Crippen molar-refractivity contribution >= 4 is 33.3 Å². The minimum Gasteiger partial charge on any atom is -0.487 e. The molecule has 2 aromatic carbocycles. The van der Waals surface area contributed by atoms with E-state index in [9.17, 15) is 17.6 Å². The van der Waals surface area contributed by atoms with Crippen molar-refractivity contribution in [2.24, 2.45) is 5.73 Å². The Morgan fingerprint density at radius 3 is 2.56 bits per heavy atom. The molecule has 2 heterocycles. The van der Waals surface area contributed by atoms with Crippen LogP contribution >= 0.6 is 0 Å². The number of pyridine rings is 1. The van der Waals surface area contributed by atoms with Gasteiger partial charge in [0.05, 0.1) is 23.7 Å². The number of aromatic nitrogens is 3. The van der Waals surface area contributed by atoms with Crippen molar-refractivity contribution in [2.75, 3.05) is 36.1 Å². The lowest BCUT2D eigenvalue weighted by Gasteiger charge is -2.15. The van der Waals surface area contributed by atoms with Crippen LogP contribution < -0.4 is 25.2 Å². The summed E-state index contributed by atoms with van der Waals surface area (Å²) < 4.78 is 56.8. The van der Waals surface area contributed by atoms with Crippen molar-refractivity contribution in [3.8, 4) is 22.9 Å². The van der Waals surface area contributed by atoms with Crippen LogP contribution in [-0.2, 0) is 21.4 Å². The number of aromatic amines is 1. The lowest BCUT2D eigenvalue weighted by atomic mass is 10.1. The highest BCUT2D eigenvalue weighted by Gasteiger charge is 2.22. The van der Waals surface area contributed by atoms with Gasteiger partial charge >= 0.3 is 0 Å². The standard InChI is InChI=1S/C27H29FN6O6S/c1-3-41(36,37)34-20-12-9-18(15-21(20)40-16-17-7-10-19(28)11-8-17)25-24(26(29)35)27(33-32-25)31-22-5-4-6-23(30-22)39-14-13-38-2/h4-12,15,34H,3,13-14,16H2,1-2H3,(H2,29,35)(H2,30,31,32,33). The van der Waals surface area contributed by atoms with Gasteiger partial charge in [0, 0.05) is 18.7 Å². The van der Waals surface area contributed by atoms with Crippen molar-refractivity contribution in [1.82, 2.24) is 15.2 Å². The lowest BCUT2D eigenvalue weighted by Crippen LogP contribution is -2.15. The normalized spacial score (nSPS) is 11.2. The number of primary amides is 1. The zero-order valence-electron chi connectivity index (χ0n) is 22.3. The van der Waals surface area contributed by atoms with Crippen LogP contribution in [0.15, 0.2) is 60.7 Å². The molecule has 1 amide bonds. The Hall–Kier alpha value is -4.69. The van der Waals surface area contributed by atoms with Gasteiger partial charge in [-0.3, -0.25) is 14.6 Å². The van der Waals surface area contributed by atoms with Gasteiger partial charge in [-0.1, -0.05) is 24.3 Å². The molecular weight excluding hydrogens is 555 g/mol. The highest BCUT2D eigenvalue weighted by atomic mass is 32.2. The molecule has 0 aliphatic rings. The Balaban J connectivity index is 1.65. The first-order valence-corrected chi connectivity index (χ1v) is 14.1. The van der Waals surface area contributed by atoms with Gasteiger partial charge in [0.15, 0.2) is 5.82 Å². The molecule has 0 fully saturated rings. The fourth-order valence-electron chi connectivity index (χ4n) is 3.66. The van der Waals surface area contributed by atoms with Crippen LogP contribution in [0, 0.1) is 5.82 Å². The number of sulfonamides is 1. The van der Waals surface area contributed by atoms with Crippen LogP contribution in [-0.4, -0.2) is 55.6 Å². The first-order valence-electron chi connectivity index (χ1n) is 12.4. The van der Waals surface area contributed by atoms with Gasteiger partial charge in [0.25, 0.3) is 5.91 Å². The molecule has 2 aromatic heterocycles. The molecule has 0 aliphatic heterocycles. The van der Waals surface area contributed by atoms with Crippen molar-refractivity contribution in [2.45, 2.75) is 13.5 Å². The molecule has 0 unspecified atom stereocenters. The SMILES string of the molecule is CCS(=O)(=O)Nc1ccc(-c2[nH]nc(Nc3cccc(OCCOC)n3)c2C(N)=O)cc1OCc1ccc(F)cc1. The van der Waals surface area contributed by atoms with Gasteiger partial charge in [-0.2, -0.15) is 10.1 Å². The van der Waals surface area contributed by atoms with E-state index in [0.29, 0.717) is 36.0 Å². The second-order valence-electron chi connectivity index (χ2n) is 8.65. The molecule has 0 saturated carbocycles. The maximum absolute atomic E-state index is 13.3. The molecule has 0 spiro atoms. The molecule has 41 heavy (non-hydrogen) atoms. The summed E-state index contributed by atoms with van der Waals surface area (Å²) in [4.78, 5) is 16.9. The van der Waals surface area contributed by atoms with Crippen molar-refractivity contribution in [3.63, 3.8) is 0 Å². The van der Waals surface area contributed by atoms with E-state index in [1.807, 2.05) is 0 Å². The molecular formula is C27H29FN6O6S. The molecule has 0 aliphatic carbocycles. The number of H-pyrrole nitrogens is 1. The van der Waals surface area contributed by atoms with E-state index in [-0.39, 0.29) is 40.9 Å². The summed E-state index contributed by atoms with van der Waals surface area (Å²) in [6.07, 6.45) is 0. The van der Waals surface area contributed by atoms with E-state index < -0.39 is 21.7 Å². The number of carbonyl (C=O) groups is 1. The summed E-state index contributed by atoms with van der Waals surface area (Å²) in [6, 6.07) is 15.4. The van der Waals surface area contributed by atoms with E-state index in [2.05, 4.69) is 25.2 Å². The highest BCUT2D eigenvalue weighted by Crippen LogP contribution is 2.35. The number of nitrogens with zero attached hydrogens (tertiary/aromatic N) is 2. The highest BCUT2D eigenvalue weighted by molar-refractivity contribution is 7.92. The average Bonchev–Trinajstić information content (AvgIpc) is 3.37. The summed E-state index contributed by atoms with van der Waals surface area (Å²) in [5.74, 6) is -0.321. The topological polar surface area (TPSA) is 171 Å². The van der Waals surface area contributed by atoms with Crippen molar-refractivity contribution in [1.29, 1.82) is 0 Å². The van der Waals surface area contributed by atoms with Gasteiger partial charge in [-0.25, -0.2) is 12.8 Å². The number of hydrogen-bond acceptors (Lipinski definition) is 9. The number of anilines is 3. The zero-order valence-corrected chi connectivity index (χ0v) is 23.1. The van der Waals surface area contributed by atoms with Gasteiger partial charge in [-0.15, -0.1) is 0 Å². The molecule has 0 atom stereocenters. The number of ether oxygens (including phenoxy) is 3. The van der Waals surface area contributed by atoms with E-state index >= 15 is 0 Å². The fraction of sp³-hybridized carbons (Fsp3) is 0.222. The molecule has 12 nitrogen and oxygen atoms in total. The van der Waals surface area contributed by atoms with Crippen LogP contribution in [0.25, 0.3) is 11.3 Å². The molecule has 4 rings (SSSR count). The van der Waals surface area contributed by atoms with Crippen LogP contribution in [0.3, 0.4) is 0 Å². The Morgan fingerprint density at radius 1 is 1.07 bits per heavy atom. The molecule has 5 N–H and O–H groups in total. The minimum atomic E-state index is -3.63. The smallest absolute Gasteiger partial charge is 0.254 e. The Labute approximate surface area is 236 Å². The van der Waals surface area contributed by atoms with E-state index in [1.54, 1.807) is 49.6 Å². The number of nitrogens with one attached hydrogen (secondary N) is 3. The molecule has 14 heteroatoms. The number of amides is 1. The summed E-state index contributed by atoms with van der Waals surface area (Å²) in [5, 5.41) is 10.00. The quantitative estimate of drug-likeness (QED) is 0.161. The summed E-state index contributed by atoms with van der Waals surface area (Å²) in [5.41, 5.74) is 7.33. The van der Waals surface area contributed by atoms with E-state index in [1.165, 1.54) is 25.1 Å². The monoisotopic (exact) mass is 584 g/mol. The maximum Gasteiger partial charge on any atom is 0.254 e. The predicted molar refractivity (Wildman–Crippen MR) is 151 cm³/mol. The van der Waals surface area contributed by atoms with Crippen molar-refractivity contribution in [3.05, 3.63) is 77.6 Å². The summed E-state index contributed by atoms with van der Waals surface area (Å²) >= 11 is 0. The Bertz CT molecular complexity index is 1610. The lowest BCUT2D eigenvalue weighted by molar-refractivity contribution is 0.100. The Morgan fingerprint density at radius 2 is 1.85 bits per heavy atom. The number of halogens is 1. The zero-order chi connectivity index (χ0) is 29.4. The number of nitrogens with two attached hydrogens (primary N) is 1.